The minimum Gasteiger partial charge on any atom is -0.382 e. The molecule has 1 heterocycles. The highest BCUT2D eigenvalue weighted by molar-refractivity contribution is 7.18. The van der Waals surface area contributed by atoms with Crippen molar-refractivity contribution < 1.29 is 9.18 Å². The van der Waals surface area contributed by atoms with Crippen molar-refractivity contribution in [2.24, 2.45) is 5.92 Å². The van der Waals surface area contributed by atoms with Crippen LogP contribution >= 0.6 is 22.9 Å². The van der Waals surface area contributed by atoms with Gasteiger partial charge in [0.1, 0.15) is 16.5 Å². The number of hydrogen-bond donors (Lipinski definition) is 2. The summed E-state index contributed by atoms with van der Waals surface area (Å²) in [5.74, 6) is -0.0495. The van der Waals surface area contributed by atoms with Crippen molar-refractivity contribution in [2.45, 2.75) is 20.3 Å². The molecular formula is C14H15ClFN3OS. The molecule has 1 aromatic heterocycles. The molecule has 0 fully saturated rings. The molecule has 112 valence electrons. The molecule has 0 bridgehead atoms. The first-order chi connectivity index (χ1) is 9.86. The Bertz CT molecular complexity index is 672. The largest absolute Gasteiger partial charge is 0.382 e. The summed E-state index contributed by atoms with van der Waals surface area (Å²) in [5, 5.41) is 3.45. The Hall–Kier alpha value is -1.66. The number of Topliss-reactive ketones (excluding diaryl/α,β-unsaturated/α-hetero) is 1. The van der Waals surface area contributed by atoms with E-state index >= 15 is 0 Å². The van der Waals surface area contributed by atoms with Crippen LogP contribution in [0.4, 0.5) is 21.0 Å². The fourth-order valence-corrected chi connectivity index (χ4v) is 2.78. The quantitative estimate of drug-likeness (QED) is 0.794. The average molecular weight is 328 g/mol. The molecule has 0 saturated carbocycles. The van der Waals surface area contributed by atoms with Gasteiger partial charge in [-0.2, -0.15) is 0 Å². The SMILES string of the molecule is CC(C)CC(=O)c1sc(Nc2ccc(F)c(Cl)c2)nc1N. The Morgan fingerprint density at radius 3 is 2.86 bits per heavy atom. The third-order valence-corrected chi connectivity index (χ3v) is 3.99. The second-order valence-corrected chi connectivity index (χ2v) is 6.41. The maximum Gasteiger partial charge on any atom is 0.189 e. The van der Waals surface area contributed by atoms with Gasteiger partial charge in [-0.3, -0.25) is 4.79 Å². The zero-order chi connectivity index (χ0) is 15.6. The van der Waals surface area contributed by atoms with Crippen molar-refractivity contribution in [1.82, 2.24) is 4.98 Å². The van der Waals surface area contributed by atoms with E-state index in [-0.39, 0.29) is 22.5 Å². The van der Waals surface area contributed by atoms with Crippen molar-refractivity contribution in [2.75, 3.05) is 11.1 Å². The molecule has 2 aromatic rings. The summed E-state index contributed by atoms with van der Waals surface area (Å²) >= 11 is 6.89. The van der Waals surface area contributed by atoms with Crippen LogP contribution in [0.3, 0.4) is 0 Å². The zero-order valence-electron chi connectivity index (χ0n) is 11.6. The molecule has 21 heavy (non-hydrogen) atoms. The van der Waals surface area contributed by atoms with Gasteiger partial charge in [0.25, 0.3) is 0 Å². The number of thiazole rings is 1. The molecule has 0 atom stereocenters. The second-order valence-electron chi connectivity index (χ2n) is 5.01. The minimum absolute atomic E-state index is 0.0145. The zero-order valence-corrected chi connectivity index (χ0v) is 13.2. The topological polar surface area (TPSA) is 68.0 Å². The van der Waals surface area contributed by atoms with E-state index in [0.717, 1.165) is 0 Å². The molecule has 0 radical (unpaired) electrons. The molecule has 1 aromatic carbocycles. The average Bonchev–Trinajstić information content (AvgIpc) is 2.74. The molecule has 0 aliphatic heterocycles. The van der Waals surface area contributed by atoms with Crippen molar-refractivity contribution in [3.8, 4) is 0 Å². The highest BCUT2D eigenvalue weighted by Gasteiger charge is 2.17. The smallest absolute Gasteiger partial charge is 0.189 e. The van der Waals surface area contributed by atoms with Crippen molar-refractivity contribution in [1.29, 1.82) is 0 Å². The van der Waals surface area contributed by atoms with Crippen molar-refractivity contribution in [3.05, 3.63) is 33.9 Å². The molecule has 0 unspecified atom stereocenters. The van der Waals surface area contributed by atoms with Gasteiger partial charge in [-0.25, -0.2) is 9.37 Å². The molecule has 4 nitrogen and oxygen atoms in total. The Labute approximate surface area is 131 Å². The van der Waals surface area contributed by atoms with E-state index in [2.05, 4.69) is 10.3 Å². The molecule has 7 heteroatoms. The van der Waals surface area contributed by atoms with Gasteiger partial charge < -0.3 is 11.1 Å². The van der Waals surface area contributed by atoms with E-state index in [4.69, 9.17) is 17.3 Å². The molecule has 0 aliphatic rings. The molecule has 0 amide bonds. The van der Waals surface area contributed by atoms with E-state index in [1.165, 1.54) is 29.5 Å². The maximum atomic E-state index is 13.1. The lowest BCUT2D eigenvalue weighted by atomic mass is 10.1. The molecule has 0 aliphatic carbocycles. The summed E-state index contributed by atoms with van der Waals surface area (Å²) in [6.45, 7) is 3.93. The molecule has 2 rings (SSSR count). The fourth-order valence-electron chi connectivity index (χ4n) is 1.75. The van der Waals surface area contributed by atoms with Gasteiger partial charge in [0.15, 0.2) is 10.9 Å². The number of ketones is 1. The van der Waals surface area contributed by atoms with E-state index in [1.807, 2.05) is 13.8 Å². The number of aromatic nitrogens is 1. The first kappa shape index (κ1) is 15.7. The summed E-state index contributed by atoms with van der Waals surface area (Å²) in [4.78, 5) is 16.6. The Morgan fingerprint density at radius 2 is 2.24 bits per heavy atom. The van der Waals surface area contributed by atoms with Crippen LogP contribution in [0.15, 0.2) is 18.2 Å². The predicted octanol–water partition coefficient (Wildman–Crippen LogP) is 4.49. The first-order valence-corrected chi connectivity index (χ1v) is 7.58. The number of benzene rings is 1. The number of hydrogen-bond acceptors (Lipinski definition) is 5. The standard InChI is InChI=1S/C14H15ClFN3OS/c1-7(2)5-11(20)12-13(17)19-14(21-12)18-8-3-4-10(16)9(15)6-8/h3-4,6-7H,5,17H2,1-2H3,(H,18,19). The number of nitrogens with zero attached hydrogens (tertiary/aromatic N) is 1. The van der Waals surface area contributed by atoms with Crippen LogP contribution in [0.5, 0.6) is 0 Å². The lowest BCUT2D eigenvalue weighted by Crippen LogP contribution is -2.04. The van der Waals surface area contributed by atoms with Gasteiger partial charge in [0, 0.05) is 12.1 Å². The third-order valence-electron chi connectivity index (χ3n) is 2.67. The first-order valence-electron chi connectivity index (χ1n) is 6.38. The maximum absolute atomic E-state index is 13.1. The minimum atomic E-state index is -0.492. The predicted molar refractivity (Wildman–Crippen MR) is 85.0 cm³/mol. The molecule has 0 saturated heterocycles. The Morgan fingerprint density at radius 1 is 1.52 bits per heavy atom. The molecule has 3 N–H and O–H groups in total. The number of rotatable bonds is 5. The highest BCUT2D eigenvalue weighted by atomic mass is 35.5. The summed E-state index contributed by atoms with van der Waals surface area (Å²) < 4.78 is 13.1. The molecule has 0 spiro atoms. The van der Waals surface area contributed by atoms with E-state index in [0.29, 0.717) is 22.1 Å². The number of anilines is 3. The van der Waals surface area contributed by atoms with E-state index < -0.39 is 5.82 Å². The Kier molecular flexibility index (Phi) is 4.80. The summed E-state index contributed by atoms with van der Waals surface area (Å²) in [7, 11) is 0. The van der Waals surface area contributed by atoms with Crippen molar-refractivity contribution in [3.63, 3.8) is 0 Å². The number of nitrogens with two attached hydrogens (primary N) is 1. The lowest BCUT2D eigenvalue weighted by Gasteiger charge is -2.03. The highest BCUT2D eigenvalue weighted by Crippen LogP contribution is 2.30. The van der Waals surface area contributed by atoms with Gasteiger partial charge in [-0.15, -0.1) is 0 Å². The van der Waals surface area contributed by atoms with Crippen LogP contribution in [0, 0.1) is 11.7 Å². The number of halogens is 2. The third kappa shape index (κ3) is 3.92. The lowest BCUT2D eigenvalue weighted by molar-refractivity contribution is 0.0972. The number of carbonyl (C=O) groups excluding carboxylic acids is 1. The number of nitrogen functional groups attached to an aromatic ring is 1. The van der Waals surface area contributed by atoms with Gasteiger partial charge in [0.2, 0.25) is 0 Å². The van der Waals surface area contributed by atoms with Gasteiger partial charge in [0.05, 0.1) is 5.02 Å². The summed E-state index contributed by atoms with van der Waals surface area (Å²) in [6.07, 6.45) is 0.425. The fraction of sp³-hybridized carbons (Fsp3) is 0.286. The van der Waals surface area contributed by atoms with Gasteiger partial charge in [-0.1, -0.05) is 36.8 Å². The Balaban J connectivity index is 2.18. The van der Waals surface area contributed by atoms with Crippen LogP contribution < -0.4 is 11.1 Å². The van der Waals surface area contributed by atoms with Crippen LogP contribution in [0.1, 0.15) is 29.9 Å². The van der Waals surface area contributed by atoms with Gasteiger partial charge in [-0.05, 0) is 24.1 Å². The molecular weight excluding hydrogens is 313 g/mol. The number of carbonyl (C=O) groups is 1. The van der Waals surface area contributed by atoms with E-state index in [9.17, 15) is 9.18 Å². The van der Waals surface area contributed by atoms with Gasteiger partial charge >= 0.3 is 0 Å². The van der Waals surface area contributed by atoms with E-state index in [1.54, 1.807) is 0 Å². The number of nitrogens with one attached hydrogen (secondary N) is 1. The normalized spacial score (nSPS) is 10.9. The van der Waals surface area contributed by atoms with Crippen LogP contribution in [-0.2, 0) is 0 Å². The second kappa shape index (κ2) is 6.41. The van der Waals surface area contributed by atoms with Crippen LogP contribution in [0.2, 0.25) is 5.02 Å². The van der Waals surface area contributed by atoms with Crippen LogP contribution in [-0.4, -0.2) is 10.8 Å². The van der Waals surface area contributed by atoms with Crippen LogP contribution in [0.25, 0.3) is 0 Å². The monoisotopic (exact) mass is 327 g/mol. The summed E-state index contributed by atoms with van der Waals surface area (Å²) in [5.41, 5.74) is 6.36. The summed E-state index contributed by atoms with van der Waals surface area (Å²) in [6, 6.07) is 4.24. The van der Waals surface area contributed by atoms with Crippen molar-refractivity contribution >= 4 is 45.4 Å².